The molecule has 0 saturated carbocycles. The van der Waals surface area contributed by atoms with Gasteiger partial charge in [0.05, 0.1) is 36.6 Å². The van der Waals surface area contributed by atoms with Crippen molar-refractivity contribution >= 4 is 29.4 Å². The van der Waals surface area contributed by atoms with E-state index in [1.165, 1.54) is 11.8 Å². The first-order chi connectivity index (χ1) is 18.6. The van der Waals surface area contributed by atoms with Gasteiger partial charge in [0.1, 0.15) is 23.9 Å². The number of para-hydroxylation sites is 1. The Hall–Kier alpha value is -3.46. The van der Waals surface area contributed by atoms with Crippen LogP contribution in [0.4, 0.5) is 5.82 Å². The minimum Gasteiger partial charge on any atom is -0.497 e. The van der Waals surface area contributed by atoms with Crippen molar-refractivity contribution in [2.75, 3.05) is 31.4 Å². The predicted molar refractivity (Wildman–Crippen MR) is 156 cm³/mol. The third kappa shape index (κ3) is 5.93. The topological polar surface area (TPSA) is 85.7 Å². The van der Waals surface area contributed by atoms with Crippen molar-refractivity contribution in [2.24, 2.45) is 0 Å². The van der Waals surface area contributed by atoms with E-state index < -0.39 is 0 Å². The van der Waals surface area contributed by atoms with Crippen LogP contribution in [0, 0.1) is 0 Å². The maximum Gasteiger partial charge on any atom is 0.240 e. The number of rotatable bonds is 8. The molecule has 0 aliphatic carbocycles. The van der Waals surface area contributed by atoms with Crippen LogP contribution in [0.15, 0.2) is 48.5 Å². The van der Waals surface area contributed by atoms with Crippen LogP contribution in [-0.2, 0) is 15.0 Å². The SMILES string of the molecule is CCC(C)NC(=O)CN1C(=O)CSC(c2ccccc2OC)c2c(C(C)(C)C)nn(-c3ccc(OC)cc3)c21. The normalized spacial score (nSPS) is 16.3. The summed E-state index contributed by atoms with van der Waals surface area (Å²) in [5, 5.41) is 7.91. The van der Waals surface area contributed by atoms with Gasteiger partial charge in [-0.25, -0.2) is 4.68 Å². The van der Waals surface area contributed by atoms with Gasteiger partial charge in [0.15, 0.2) is 0 Å². The minimum absolute atomic E-state index is 0.00592. The number of nitrogens with zero attached hydrogens (tertiary/aromatic N) is 3. The zero-order valence-corrected chi connectivity index (χ0v) is 24.6. The van der Waals surface area contributed by atoms with Gasteiger partial charge in [-0.2, -0.15) is 5.10 Å². The molecule has 0 saturated heterocycles. The number of methoxy groups -OCH3 is 2. The van der Waals surface area contributed by atoms with E-state index in [1.54, 1.807) is 23.8 Å². The largest absolute Gasteiger partial charge is 0.497 e. The van der Waals surface area contributed by atoms with E-state index in [1.807, 2.05) is 62.4 Å². The highest BCUT2D eigenvalue weighted by molar-refractivity contribution is 8.00. The van der Waals surface area contributed by atoms with Crippen LogP contribution in [0.3, 0.4) is 0 Å². The van der Waals surface area contributed by atoms with Crippen LogP contribution in [0.25, 0.3) is 5.69 Å². The third-order valence-electron chi connectivity index (χ3n) is 6.86. The highest BCUT2D eigenvalue weighted by atomic mass is 32.2. The molecule has 1 aromatic heterocycles. The molecule has 39 heavy (non-hydrogen) atoms. The van der Waals surface area contributed by atoms with Gasteiger partial charge in [0.25, 0.3) is 0 Å². The summed E-state index contributed by atoms with van der Waals surface area (Å²) in [7, 11) is 3.28. The van der Waals surface area contributed by atoms with Gasteiger partial charge in [-0.1, -0.05) is 45.9 Å². The van der Waals surface area contributed by atoms with Gasteiger partial charge in [0.2, 0.25) is 11.8 Å². The molecule has 3 aromatic rings. The Kier molecular flexibility index (Phi) is 8.59. The number of amides is 2. The first-order valence-electron chi connectivity index (χ1n) is 13.2. The summed E-state index contributed by atoms with van der Waals surface area (Å²) in [6.07, 6.45) is 0.800. The van der Waals surface area contributed by atoms with Crippen LogP contribution >= 0.6 is 11.8 Å². The van der Waals surface area contributed by atoms with Crippen LogP contribution in [0.2, 0.25) is 0 Å². The van der Waals surface area contributed by atoms with E-state index in [9.17, 15) is 9.59 Å². The lowest BCUT2D eigenvalue weighted by Gasteiger charge is -2.25. The number of anilines is 1. The lowest BCUT2D eigenvalue weighted by atomic mass is 9.87. The van der Waals surface area contributed by atoms with E-state index >= 15 is 0 Å². The maximum absolute atomic E-state index is 13.8. The van der Waals surface area contributed by atoms with Crippen molar-refractivity contribution in [2.45, 2.75) is 57.7 Å². The Bertz CT molecular complexity index is 1330. The molecule has 2 amide bonds. The molecule has 2 heterocycles. The third-order valence-corrected chi connectivity index (χ3v) is 8.10. The number of ether oxygens (including phenoxy) is 2. The summed E-state index contributed by atoms with van der Waals surface area (Å²) < 4.78 is 12.9. The Balaban J connectivity index is 2.00. The second kappa shape index (κ2) is 11.7. The number of hydrogen-bond donors (Lipinski definition) is 1. The number of fused-ring (bicyclic) bond motifs is 1. The number of aromatic nitrogens is 2. The van der Waals surface area contributed by atoms with E-state index in [4.69, 9.17) is 14.6 Å². The number of nitrogens with one attached hydrogen (secondary N) is 1. The fourth-order valence-electron chi connectivity index (χ4n) is 4.67. The molecule has 0 radical (unpaired) electrons. The second-order valence-electron chi connectivity index (χ2n) is 10.7. The summed E-state index contributed by atoms with van der Waals surface area (Å²) in [5.74, 6) is 1.93. The molecule has 1 aliphatic rings. The quantitative estimate of drug-likeness (QED) is 0.411. The van der Waals surface area contributed by atoms with Crippen LogP contribution in [-0.4, -0.2) is 54.2 Å². The first kappa shape index (κ1) is 28.5. The number of thioether (sulfide) groups is 1. The lowest BCUT2D eigenvalue weighted by Crippen LogP contribution is -2.44. The van der Waals surface area contributed by atoms with Gasteiger partial charge in [0, 0.05) is 22.6 Å². The standard InChI is InChI=1S/C30H38N4O4S/c1-8-19(2)31-24(35)17-33-25(36)18-39-27(22-11-9-10-12-23(22)38-7)26-28(30(3,4)5)32-34(29(26)33)20-13-15-21(37-6)16-14-20/h9-16,19,27H,8,17-18H2,1-7H3,(H,31,35). The van der Waals surface area contributed by atoms with Crippen molar-refractivity contribution in [1.29, 1.82) is 0 Å². The molecule has 0 bridgehead atoms. The Morgan fingerprint density at radius 2 is 1.82 bits per heavy atom. The second-order valence-corrected chi connectivity index (χ2v) is 11.8. The average Bonchev–Trinajstić information content (AvgIpc) is 3.26. The fourth-order valence-corrected chi connectivity index (χ4v) is 5.89. The van der Waals surface area contributed by atoms with E-state index in [-0.39, 0.29) is 40.8 Å². The maximum atomic E-state index is 13.8. The summed E-state index contributed by atoms with van der Waals surface area (Å²) >= 11 is 1.54. The molecular formula is C30H38N4O4S. The van der Waals surface area contributed by atoms with E-state index in [0.717, 1.165) is 40.4 Å². The van der Waals surface area contributed by atoms with Gasteiger partial charge in [-0.05, 0) is 43.7 Å². The fraction of sp³-hybridized carbons (Fsp3) is 0.433. The Morgan fingerprint density at radius 3 is 2.44 bits per heavy atom. The van der Waals surface area contributed by atoms with Crippen molar-refractivity contribution in [3.8, 4) is 17.2 Å². The molecule has 4 rings (SSSR count). The van der Waals surface area contributed by atoms with Crippen molar-refractivity contribution in [1.82, 2.24) is 15.1 Å². The Morgan fingerprint density at radius 1 is 1.13 bits per heavy atom. The van der Waals surface area contributed by atoms with Crippen LogP contribution < -0.4 is 19.7 Å². The van der Waals surface area contributed by atoms with Crippen molar-refractivity contribution < 1.29 is 19.1 Å². The van der Waals surface area contributed by atoms with Crippen molar-refractivity contribution in [3.63, 3.8) is 0 Å². The molecule has 0 fully saturated rings. The first-order valence-corrected chi connectivity index (χ1v) is 14.3. The molecule has 1 aliphatic heterocycles. The molecule has 2 unspecified atom stereocenters. The number of benzene rings is 2. The number of hydrogen-bond acceptors (Lipinski definition) is 6. The smallest absolute Gasteiger partial charge is 0.240 e. The molecule has 208 valence electrons. The zero-order chi connectivity index (χ0) is 28.3. The molecule has 9 heteroatoms. The number of carbonyl (C=O) groups excluding carboxylic acids is 2. The highest BCUT2D eigenvalue weighted by Crippen LogP contribution is 2.50. The van der Waals surface area contributed by atoms with Crippen LogP contribution in [0.5, 0.6) is 11.5 Å². The van der Waals surface area contributed by atoms with E-state index in [2.05, 4.69) is 26.1 Å². The van der Waals surface area contributed by atoms with Crippen molar-refractivity contribution in [3.05, 3.63) is 65.4 Å². The van der Waals surface area contributed by atoms with Gasteiger partial charge >= 0.3 is 0 Å². The lowest BCUT2D eigenvalue weighted by molar-refractivity contribution is -0.123. The predicted octanol–water partition coefficient (Wildman–Crippen LogP) is 5.27. The minimum atomic E-state index is -0.347. The highest BCUT2D eigenvalue weighted by Gasteiger charge is 2.40. The molecule has 0 spiro atoms. The molecule has 2 aromatic carbocycles. The van der Waals surface area contributed by atoms with Gasteiger partial charge < -0.3 is 14.8 Å². The van der Waals surface area contributed by atoms with Crippen LogP contribution in [0.1, 0.15) is 63.1 Å². The molecule has 1 N–H and O–H groups in total. The average molecular weight is 551 g/mol. The Labute approximate surface area is 235 Å². The summed E-state index contributed by atoms with van der Waals surface area (Å²) in [6, 6.07) is 15.5. The summed E-state index contributed by atoms with van der Waals surface area (Å²) in [6.45, 7) is 10.2. The molecule has 2 atom stereocenters. The summed E-state index contributed by atoms with van der Waals surface area (Å²) in [4.78, 5) is 28.5. The van der Waals surface area contributed by atoms with E-state index in [0.29, 0.717) is 5.82 Å². The van der Waals surface area contributed by atoms with Gasteiger partial charge in [-0.15, -0.1) is 11.8 Å². The molecule has 8 nitrogen and oxygen atoms in total. The summed E-state index contributed by atoms with van der Waals surface area (Å²) in [5.41, 5.74) is 3.16. The van der Waals surface area contributed by atoms with Gasteiger partial charge in [-0.3, -0.25) is 14.5 Å². The molecular weight excluding hydrogens is 512 g/mol. The monoisotopic (exact) mass is 550 g/mol. The zero-order valence-electron chi connectivity index (χ0n) is 23.8. The number of carbonyl (C=O) groups is 2.